The largest absolute Gasteiger partial charge is 0.197 e. The first kappa shape index (κ1) is 10.8. The summed E-state index contributed by atoms with van der Waals surface area (Å²) in [6.45, 7) is 6.48. The number of hydrogen-bond donors (Lipinski definition) is 0. The van der Waals surface area contributed by atoms with Crippen LogP contribution >= 0.6 is 0 Å². The summed E-state index contributed by atoms with van der Waals surface area (Å²) in [4.78, 5) is 0. The van der Waals surface area contributed by atoms with E-state index in [4.69, 9.17) is 10.5 Å². The fourth-order valence-electron chi connectivity index (χ4n) is 2.38. The predicted octanol–water partition coefficient (Wildman–Crippen LogP) is 3.03. The third-order valence-corrected chi connectivity index (χ3v) is 2.75. The third-order valence-electron chi connectivity index (χ3n) is 2.75. The van der Waals surface area contributed by atoms with E-state index >= 15 is 0 Å². The zero-order valence-corrected chi connectivity index (χ0v) is 9.04. The van der Waals surface area contributed by atoms with Crippen LogP contribution in [0.1, 0.15) is 33.6 Å². The molecule has 0 amide bonds. The van der Waals surface area contributed by atoms with Crippen LogP contribution in [0, 0.1) is 39.9 Å². The lowest BCUT2D eigenvalue weighted by molar-refractivity contribution is 0.257. The van der Waals surface area contributed by atoms with Crippen LogP contribution in [0.3, 0.4) is 0 Å². The second kappa shape index (κ2) is 3.84. The molecule has 0 N–H and O–H groups in total. The van der Waals surface area contributed by atoms with E-state index in [1.54, 1.807) is 0 Å². The molecule has 74 valence electrons. The van der Waals surface area contributed by atoms with E-state index < -0.39 is 5.92 Å². The van der Waals surface area contributed by atoms with Gasteiger partial charge in [-0.15, -0.1) is 0 Å². The van der Waals surface area contributed by atoms with E-state index in [0.29, 0.717) is 0 Å². The van der Waals surface area contributed by atoms with E-state index in [2.05, 4.69) is 39.0 Å². The van der Waals surface area contributed by atoms with Gasteiger partial charge in [-0.2, -0.15) is 10.5 Å². The summed E-state index contributed by atoms with van der Waals surface area (Å²) in [5, 5.41) is 17.7. The van der Waals surface area contributed by atoms with E-state index in [1.807, 2.05) is 0 Å². The normalized spacial score (nSPS) is 25.0. The summed E-state index contributed by atoms with van der Waals surface area (Å²) >= 11 is 0. The van der Waals surface area contributed by atoms with Gasteiger partial charge in [0.05, 0.1) is 12.1 Å². The van der Waals surface area contributed by atoms with E-state index in [9.17, 15) is 0 Å². The van der Waals surface area contributed by atoms with Crippen molar-refractivity contribution in [1.82, 2.24) is 0 Å². The Hall–Kier alpha value is -1.28. The summed E-state index contributed by atoms with van der Waals surface area (Å²) in [5.74, 6) is -0.363. The Bertz CT molecular complexity index is 311. The smallest absolute Gasteiger partial charge is 0.139 e. The molecule has 2 heteroatoms. The Morgan fingerprint density at radius 2 is 2.00 bits per heavy atom. The molecule has 0 aromatic rings. The van der Waals surface area contributed by atoms with E-state index in [-0.39, 0.29) is 11.3 Å². The Morgan fingerprint density at radius 1 is 1.43 bits per heavy atom. The van der Waals surface area contributed by atoms with Gasteiger partial charge in [-0.25, -0.2) is 0 Å². The van der Waals surface area contributed by atoms with Gasteiger partial charge in [0.1, 0.15) is 5.92 Å². The molecule has 1 rings (SSSR count). The molecule has 0 saturated carbocycles. The van der Waals surface area contributed by atoms with Crippen LogP contribution in [-0.4, -0.2) is 0 Å². The molecule has 0 radical (unpaired) electrons. The highest BCUT2D eigenvalue weighted by Crippen LogP contribution is 2.40. The van der Waals surface area contributed by atoms with Crippen molar-refractivity contribution in [3.8, 4) is 12.1 Å². The maximum atomic E-state index is 8.83. The maximum absolute atomic E-state index is 8.83. The van der Waals surface area contributed by atoms with E-state index in [0.717, 1.165) is 12.8 Å². The molecule has 1 aliphatic rings. The Balaban J connectivity index is 2.88. The quantitative estimate of drug-likeness (QED) is 0.594. The van der Waals surface area contributed by atoms with Crippen LogP contribution in [0.2, 0.25) is 0 Å². The van der Waals surface area contributed by atoms with Gasteiger partial charge in [-0.1, -0.05) is 25.5 Å². The minimum absolute atomic E-state index is 0.119. The molecule has 1 atom stereocenters. The highest BCUT2D eigenvalue weighted by Gasteiger charge is 2.31. The van der Waals surface area contributed by atoms with Crippen LogP contribution in [-0.2, 0) is 0 Å². The standard InChI is InChI=1S/C12H16N2/c1-9-4-10(11(7-13)8-14)6-12(2,3)5-9/h4,10-11H,5-6H2,1-3H3. The predicted molar refractivity (Wildman–Crippen MR) is 55.0 cm³/mol. The highest BCUT2D eigenvalue weighted by atomic mass is 14.4. The first-order chi connectivity index (χ1) is 6.48. The second-order valence-corrected chi connectivity index (χ2v) is 4.96. The molecule has 0 aromatic heterocycles. The summed E-state index contributed by atoms with van der Waals surface area (Å²) in [6.07, 6.45) is 4.12. The molecule has 0 fully saturated rings. The number of nitrogens with zero attached hydrogens (tertiary/aromatic N) is 2. The van der Waals surface area contributed by atoms with Crippen molar-refractivity contribution in [2.45, 2.75) is 33.6 Å². The van der Waals surface area contributed by atoms with Crippen LogP contribution in [0.4, 0.5) is 0 Å². The summed E-state index contributed by atoms with van der Waals surface area (Å²) in [7, 11) is 0. The van der Waals surface area contributed by atoms with E-state index in [1.165, 1.54) is 5.57 Å². The van der Waals surface area contributed by atoms with Gasteiger partial charge < -0.3 is 0 Å². The number of allylic oxidation sites excluding steroid dienone is 2. The van der Waals surface area contributed by atoms with Gasteiger partial charge in [0.2, 0.25) is 0 Å². The first-order valence-corrected chi connectivity index (χ1v) is 4.95. The minimum Gasteiger partial charge on any atom is -0.197 e. The third kappa shape index (κ3) is 2.36. The topological polar surface area (TPSA) is 47.6 Å². The average molecular weight is 188 g/mol. The van der Waals surface area contributed by atoms with Gasteiger partial charge in [-0.3, -0.25) is 0 Å². The number of nitriles is 2. The van der Waals surface area contributed by atoms with Gasteiger partial charge in [0, 0.05) is 5.92 Å². The van der Waals surface area contributed by atoms with Crippen molar-refractivity contribution in [3.63, 3.8) is 0 Å². The molecule has 1 unspecified atom stereocenters. The van der Waals surface area contributed by atoms with Crippen molar-refractivity contribution in [1.29, 1.82) is 10.5 Å². The lowest BCUT2D eigenvalue weighted by atomic mass is 9.70. The Kier molecular flexibility index (Phi) is 2.96. The van der Waals surface area contributed by atoms with Gasteiger partial charge in [0.25, 0.3) is 0 Å². The molecule has 0 heterocycles. The molecule has 2 nitrogen and oxygen atoms in total. The van der Waals surface area contributed by atoms with Crippen LogP contribution in [0.5, 0.6) is 0 Å². The minimum atomic E-state index is -0.482. The van der Waals surface area contributed by atoms with Gasteiger partial charge in [-0.05, 0) is 25.2 Å². The summed E-state index contributed by atoms with van der Waals surface area (Å²) < 4.78 is 0. The zero-order chi connectivity index (χ0) is 10.8. The molecule has 0 saturated heterocycles. The highest BCUT2D eigenvalue weighted by molar-refractivity contribution is 5.16. The van der Waals surface area contributed by atoms with Crippen molar-refractivity contribution < 1.29 is 0 Å². The lowest BCUT2D eigenvalue weighted by Crippen LogP contribution is -2.25. The monoisotopic (exact) mass is 188 g/mol. The van der Waals surface area contributed by atoms with Crippen LogP contribution < -0.4 is 0 Å². The first-order valence-electron chi connectivity index (χ1n) is 4.95. The van der Waals surface area contributed by atoms with Crippen molar-refractivity contribution in [2.75, 3.05) is 0 Å². The van der Waals surface area contributed by atoms with Gasteiger partial charge in [0.15, 0.2) is 0 Å². The fraction of sp³-hybridized carbons (Fsp3) is 0.667. The summed E-state index contributed by atoms with van der Waals surface area (Å²) in [5.41, 5.74) is 1.54. The van der Waals surface area contributed by atoms with Crippen molar-refractivity contribution >= 4 is 0 Å². The van der Waals surface area contributed by atoms with Crippen LogP contribution in [0.25, 0.3) is 0 Å². The fourth-order valence-corrected chi connectivity index (χ4v) is 2.38. The molecule has 0 aromatic carbocycles. The average Bonchev–Trinajstić information content (AvgIpc) is 2.02. The van der Waals surface area contributed by atoms with Crippen molar-refractivity contribution in [3.05, 3.63) is 11.6 Å². The molecule has 0 bridgehead atoms. The zero-order valence-electron chi connectivity index (χ0n) is 9.04. The molecular weight excluding hydrogens is 172 g/mol. The Morgan fingerprint density at radius 3 is 2.43 bits per heavy atom. The maximum Gasteiger partial charge on any atom is 0.139 e. The molecule has 1 aliphatic carbocycles. The molecular formula is C12H16N2. The number of hydrogen-bond acceptors (Lipinski definition) is 2. The number of rotatable bonds is 1. The molecule has 0 spiro atoms. The van der Waals surface area contributed by atoms with Crippen molar-refractivity contribution in [2.24, 2.45) is 17.3 Å². The lowest BCUT2D eigenvalue weighted by Gasteiger charge is -2.34. The molecule has 0 aliphatic heterocycles. The van der Waals surface area contributed by atoms with Gasteiger partial charge >= 0.3 is 0 Å². The Labute approximate surface area is 85.8 Å². The summed E-state index contributed by atoms with van der Waals surface area (Å²) in [6, 6.07) is 4.15. The molecule has 14 heavy (non-hydrogen) atoms. The SMILES string of the molecule is CC1=CC(C(C#N)C#N)CC(C)(C)C1. The second-order valence-electron chi connectivity index (χ2n) is 4.96. The van der Waals surface area contributed by atoms with Crippen LogP contribution in [0.15, 0.2) is 11.6 Å².